The quantitative estimate of drug-likeness (QED) is 0.208. The van der Waals surface area contributed by atoms with Gasteiger partial charge >= 0.3 is 6.16 Å². The van der Waals surface area contributed by atoms with Gasteiger partial charge in [0, 0.05) is 57.7 Å². The second-order valence-electron chi connectivity index (χ2n) is 10.7. The third-order valence-electron chi connectivity index (χ3n) is 7.65. The molecule has 246 valence electrons. The lowest BCUT2D eigenvalue weighted by Gasteiger charge is -2.51. The number of aromatic hydroxyl groups is 1. The molecular formula is C28H35F2N4O10P. The molecule has 1 aromatic carbocycles. The number of halogens is 2. The Balaban J connectivity index is 1.57. The van der Waals surface area contributed by atoms with Crippen molar-refractivity contribution in [2.45, 2.75) is 57.1 Å². The Morgan fingerprint density at radius 3 is 2.56 bits per heavy atom. The van der Waals surface area contributed by atoms with Crippen LogP contribution in [0.4, 0.5) is 13.6 Å². The summed E-state index contributed by atoms with van der Waals surface area (Å²) in [4.78, 5) is 52.8. The van der Waals surface area contributed by atoms with Crippen LogP contribution in [0.25, 0.3) is 0 Å². The Morgan fingerprint density at radius 1 is 1.18 bits per heavy atom. The van der Waals surface area contributed by atoms with Crippen molar-refractivity contribution in [3.63, 3.8) is 0 Å². The Hall–Kier alpha value is -3.85. The highest BCUT2D eigenvalue weighted by molar-refractivity contribution is 7.48. The summed E-state index contributed by atoms with van der Waals surface area (Å²) >= 11 is 0. The average Bonchev–Trinajstić information content (AvgIpc) is 3.43. The minimum absolute atomic E-state index is 0.0199. The minimum atomic E-state index is -1.70. The molecule has 1 aliphatic carbocycles. The second kappa shape index (κ2) is 14.1. The molecule has 2 unspecified atom stereocenters. The molecule has 2 aliphatic rings. The molecule has 2 aromatic rings. The van der Waals surface area contributed by atoms with Crippen LogP contribution in [0, 0.1) is 11.6 Å². The average molecular weight is 657 g/mol. The number of aromatic nitrogens is 1. The SMILES string of the molecule is COCOP(OCOC(=O)OC(C)C)[C@H]1CCC2(C1)N(C)C(=O)c1c(O)c(=O)c(C(=O)NCc3ccc(F)cc3F)cn1N2C. The standard InChI is InChI=1S/C28H35F2N4O10P/c1-16(2)44-27(39)41-15-43-45(42-14-40-5)19-8-9-28(11-19)32(3)26(38)22-24(36)23(35)20(13-34(22)33(28)4)25(37)31-12-17-6-7-18(29)10-21(17)30/h6-7,10,13,16,19,36H,8-9,11-12,14-15H2,1-5H3,(H,31,37)/t19-,28?,45?/m0/s1. The summed E-state index contributed by atoms with van der Waals surface area (Å²) in [6.07, 6.45) is 1.07. The summed E-state index contributed by atoms with van der Waals surface area (Å²) in [6.45, 7) is 2.44. The molecule has 1 spiro atoms. The highest BCUT2D eigenvalue weighted by atomic mass is 31.2. The lowest BCUT2D eigenvalue weighted by Crippen LogP contribution is -2.67. The third kappa shape index (κ3) is 7.03. The normalized spacial score (nSPS) is 20.0. The van der Waals surface area contributed by atoms with Crippen LogP contribution in [-0.2, 0) is 29.8 Å². The Labute approximate surface area is 258 Å². The molecule has 45 heavy (non-hydrogen) atoms. The molecule has 1 aliphatic heterocycles. The number of benzene rings is 1. The number of amides is 2. The van der Waals surface area contributed by atoms with Crippen molar-refractivity contribution in [1.29, 1.82) is 0 Å². The lowest BCUT2D eigenvalue weighted by molar-refractivity contribution is -0.0165. The van der Waals surface area contributed by atoms with Gasteiger partial charge in [-0.2, -0.15) is 0 Å². The van der Waals surface area contributed by atoms with E-state index in [1.54, 1.807) is 25.9 Å². The van der Waals surface area contributed by atoms with Crippen LogP contribution in [0.3, 0.4) is 0 Å². The number of carbonyl (C=O) groups is 3. The fourth-order valence-corrected chi connectivity index (χ4v) is 6.99. The van der Waals surface area contributed by atoms with E-state index in [4.69, 9.17) is 23.3 Å². The Bertz CT molecular complexity index is 1510. The number of carbonyl (C=O) groups excluding carboxylic acids is 3. The van der Waals surface area contributed by atoms with Crippen molar-refractivity contribution >= 4 is 26.3 Å². The highest BCUT2D eigenvalue weighted by Crippen LogP contribution is 2.55. The van der Waals surface area contributed by atoms with Crippen molar-refractivity contribution in [2.75, 3.05) is 39.8 Å². The fourth-order valence-electron chi connectivity index (χ4n) is 5.35. The van der Waals surface area contributed by atoms with Crippen molar-refractivity contribution in [3.05, 3.63) is 63.1 Å². The zero-order valence-corrected chi connectivity index (χ0v) is 26.3. The van der Waals surface area contributed by atoms with Crippen LogP contribution in [0.15, 0.2) is 29.2 Å². The summed E-state index contributed by atoms with van der Waals surface area (Å²) in [7, 11) is 2.92. The maximum atomic E-state index is 14.1. The number of nitrogens with zero attached hydrogens (tertiary/aromatic N) is 3. The van der Waals surface area contributed by atoms with E-state index in [9.17, 15) is 33.1 Å². The molecule has 3 atom stereocenters. The summed E-state index contributed by atoms with van der Waals surface area (Å²) in [6, 6.07) is 2.85. The predicted molar refractivity (Wildman–Crippen MR) is 155 cm³/mol. The monoisotopic (exact) mass is 656 g/mol. The Kier molecular flexibility index (Phi) is 10.6. The van der Waals surface area contributed by atoms with Crippen LogP contribution in [0.1, 0.15) is 59.5 Å². The van der Waals surface area contributed by atoms with Gasteiger partial charge in [0.2, 0.25) is 12.2 Å². The van der Waals surface area contributed by atoms with E-state index in [1.807, 2.05) is 0 Å². The van der Waals surface area contributed by atoms with Crippen molar-refractivity contribution in [3.8, 4) is 5.75 Å². The van der Waals surface area contributed by atoms with Gasteiger partial charge in [-0.25, -0.2) is 13.6 Å². The molecule has 2 amide bonds. The molecule has 4 rings (SSSR count). The van der Waals surface area contributed by atoms with Crippen LogP contribution < -0.4 is 15.8 Å². The molecule has 2 heterocycles. The molecule has 1 saturated carbocycles. The molecule has 0 radical (unpaired) electrons. The van der Waals surface area contributed by atoms with Crippen LogP contribution in [0.2, 0.25) is 0 Å². The number of nitrogens with one attached hydrogen (secondary N) is 1. The zero-order valence-electron chi connectivity index (χ0n) is 25.4. The largest absolute Gasteiger partial charge is 0.510 e. The van der Waals surface area contributed by atoms with Gasteiger partial charge in [-0.3, -0.25) is 28.6 Å². The fraction of sp³-hybridized carbons (Fsp3) is 0.500. The topological polar surface area (TPSA) is 158 Å². The molecule has 14 nitrogen and oxygen atoms in total. The molecular weight excluding hydrogens is 621 g/mol. The van der Waals surface area contributed by atoms with Gasteiger partial charge in [0.1, 0.15) is 22.9 Å². The number of pyridine rings is 1. The van der Waals surface area contributed by atoms with E-state index in [2.05, 4.69) is 5.32 Å². The van der Waals surface area contributed by atoms with Gasteiger partial charge in [-0.05, 0) is 32.8 Å². The van der Waals surface area contributed by atoms with Gasteiger partial charge in [0.25, 0.3) is 11.8 Å². The van der Waals surface area contributed by atoms with Gasteiger partial charge in [-0.15, -0.1) is 0 Å². The highest BCUT2D eigenvalue weighted by Gasteiger charge is 2.54. The Morgan fingerprint density at radius 2 is 1.89 bits per heavy atom. The second-order valence-corrected chi connectivity index (χ2v) is 12.5. The molecule has 17 heteroatoms. The zero-order chi connectivity index (χ0) is 33.1. The summed E-state index contributed by atoms with van der Waals surface area (Å²) in [5.41, 5.74) is -3.22. The van der Waals surface area contributed by atoms with Crippen LogP contribution in [0.5, 0.6) is 5.75 Å². The number of fused-ring (bicyclic) bond motifs is 1. The number of hydrogen-bond acceptors (Lipinski definition) is 11. The number of methoxy groups -OCH3 is 1. The first-order chi connectivity index (χ1) is 21.3. The predicted octanol–water partition coefficient (Wildman–Crippen LogP) is 3.13. The summed E-state index contributed by atoms with van der Waals surface area (Å²) in [5.74, 6) is -4.19. The van der Waals surface area contributed by atoms with Gasteiger partial charge in [0.15, 0.2) is 26.6 Å². The molecule has 2 N–H and O–H groups in total. The number of ether oxygens (including phenoxy) is 3. The summed E-state index contributed by atoms with van der Waals surface area (Å²) < 4.78 is 55.1. The first kappa shape index (κ1) is 34.0. The van der Waals surface area contributed by atoms with Crippen molar-refractivity contribution in [1.82, 2.24) is 14.9 Å². The first-order valence-electron chi connectivity index (χ1n) is 13.9. The van der Waals surface area contributed by atoms with E-state index in [1.165, 1.54) is 23.7 Å². The third-order valence-corrected chi connectivity index (χ3v) is 9.40. The molecule has 0 bridgehead atoms. The first-order valence-corrected chi connectivity index (χ1v) is 15.2. The van der Waals surface area contributed by atoms with Crippen molar-refractivity contribution < 1.29 is 51.5 Å². The maximum absolute atomic E-state index is 14.1. The van der Waals surface area contributed by atoms with Crippen LogP contribution >= 0.6 is 8.38 Å². The van der Waals surface area contributed by atoms with Crippen LogP contribution in [-0.4, -0.2) is 84.9 Å². The van der Waals surface area contributed by atoms with E-state index in [0.717, 1.165) is 18.3 Å². The van der Waals surface area contributed by atoms with E-state index in [0.29, 0.717) is 25.3 Å². The molecule has 0 saturated heterocycles. The summed E-state index contributed by atoms with van der Waals surface area (Å²) in [5, 5.41) is 14.8. The lowest BCUT2D eigenvalue weighted by atomic mass is 10.0. The molecule has 1 fully saturated rings. The van der Waals surface area contributed by atoms with Crippen molar-refractivity contribution in [2.24, 2.45) is 0 Å². The minimum Gasteiger partial charge on any atom is -0.502 e. The van der Waals surface area contributed by atoms with E-state index < -0.39 is 67.2 Å². The molecule has 1 aromatic heterocycles. The smallest absolute Gasteiger partial charge is 0.502 e. The van der Waals surface area contributed by atoms with Gasteiger partial charge < -0.3 is 34.1 Å². The number of hydrogen-bond donors (Lipinski definition) is 2. The van der Waals surface area contributed by atoms with Gasteiger partial charge in [0.05, 0.1) is 6.10 Å². The van der Waals surface area contributed by atoms with E-state index >= 15 is 0 Å². The van der Waals surface area contributed by atoms with Gasteiger partial charge in [-0.1, -0.05) is 6.07 Å². The van der Waals surface area contributed by atoms with E-state index in [-0.39, 0.29) is 36.4 Å². The number of rotatable bonds is 11. The maximum Gasteiger partial charge on any atom is 0.510 e.